The first-order valence-corrected chi connectivity index (χ1v) is 13.4. The minimum Gasteiger partial charge on any atom is -0.316 e. The van der Waals surface area contributed by atoms with Crippen LogP contribution in [-0.4, -0.2) is 24.6 Å². The van der Waals surface area contributed by atoms with Gasteiger partial charge in [-0.25, -0.2) is 4.99 Å². The molecule has 2 unspecified atom stereocenters. The summed E-state index contributed by atoms with van der Waals surface area (Å²) in [5.74, 6) is 1.61. The smallest absolute Gasteiger partial charge is 0.151 e. The van der Waals surface area contributed by atoms with Gasteiger partial charge < -0.3 is 5.32 Å². The van der Waals surface area contributed by atoms with Crippen molar-refractivity contribution in [1.29, 1.82) is 5.41 Å². The van der Waals surface area contributed by atoms with Crippen LogP contribution in [0.4, 0.5) is 0 Å². The SMILES string of the molecule is C=C1/C(=C\C=C/Cl)CC2C(C(C)(C)/C(C)=N/C(=N)c3ccccc3)=C(C)CC12CCNCC1CC1. The van der Waals surface area contributed by atoms with Gasteiger partial charge in [0, 0.05) is 27.6 Å². The molecular formula is C31H40ClN3. The molecule has 0 bridgehead atoms. The maximum Gasteiger partial charge on any atom is 0.151 e. The van der Waals surface area contributed by atoms with Crippen LogP contribution < -0.4 is 5.32 Å². The molecule has 186 valence electrons. The minimum atomic E-state index is -0.239. The fourth-order valence-corrected chi connectivity index (χ4v) is 6.42. The number of benzene rings is 1. The summed E-state index contributed by atoms with van der Waals surface area (Å²) in [6.07, 6.45) is 9.96. The van der Waals surface area contributed by atoms with E-state index < -0.39 is 0 Å². The minimum absolute atomic E-state index is 0.0481. The Kier molecular flexibility index (Phi) is 7.68. The average molecular weight is 490 g/mol. The molecule has 1 aromatic rings. The third-order valence-electron chi connectivity index (χ3n) is 8.62. The first kappa shape index (κ1) is 25.9. The lowest BCUT2D eigenvalue weighted by Gasteiger charge is -2.37. The molecule has 0 amide bonds. The maximum atomic E-state index is 8.58. The highest BCUT2D eigenvalue weighted by Gasteiger charge is 2.55. The quantitative estimate of drug-likeness (QED) is 0.158. The Bertz CT molecular complexity index is 1100. The fraction of sp³-hybridized carbons (Fsp3) is 0.484. The normalized spacial score (nSPS) is 26.3. The number of halogens is 1. The average Bonchev–Trinajstić information content (AvgIpc) is 3.57. The van der Waals surface area contributed by atoms with Crippen LogP contribution in [0.15, 0.2) is 81.9 Å². The first-order valence-electron chi connectivity index (χ1n) is 13.0. The van der Waals surface area contributed by atoms with Crippen molar-refractivity contribution in [2.45, 2.75) is 59.8 Å². The molecule has 0 spiro atoms. The number of amidine groups is 1. The van der Waals surface area contributed by atoms with Crippen molar-refractivity contribution >= 4 is 23.1 Å². The van der Waals surface area contributed by atoms with Crippen molar-refractivity contribution in [2.24, 2.45) is 27.7 Å². The molecule has 3 aliphatic carbocycles. The summed E-state index contributed by atoms with van der Waals surface area (Å²) >= 11 is 5.88. The van der Waals surface area contributed by atoms with Crippen molar-refractivity contribution in [1.82, 2.24) is 5.32 Å². The number of hydrogen-bond donors (Lipinski definition) is 2. The molecule has 35 heavy (non-hydrogen) atoms. The number of nitrogens with zero attached hydrogens (tertiary/aromatic N) is 1. The van der Waals surface area contributed by atoms with Crippen molar-refractivity contribution in [3.63, 3.8) is 0 Å². The van der Waals surface area contributed by atoms with Crippen LogP contribution in [0.1, 0.15) is 65.4 Å². The molecule has 0 saturated heterocycles. The van der Waals surface area contributed by atoms with Gasteiger partial charge in [0.25, 0.3) is 0 Å². The molecule has 1 aromatic carbocycles. The van der Waals surface area contributed by atoms with E-state index in [0.717, 1.165) is 49.5 Å². The van der Waals surface area contributed by atoms with Gasteiger partial charge in [-0.3, -0.25) is 5.41 Å². The van der Waals surface area contributed by atoms with Gasteiger partial charge in [0.05, 0.1) is 0 Å². The largest absolute Gasteiger partial charge is 0.316 e. The zero-order valence-electron chi connectivity index (χ0n) is 21.8. The van der Waals surface area contributed by atoms with Gasteiger partial charge in [-0.2, -0.15) is 0 Å². The standard InChI is InChI=1S/C31H40ClN3/c1-21-19-31(15-17-34-20-24-13-14-24)22(2)26(12-9-16-32)18-27(31)28(21)30(4,5)23(3)35-29(33)25-10-7-6-8-11-25/h6-12,16,24,27,33-34H,2,13-15,17-20H2,1,3-5H3/b16-9-,26-12-,33-29?,35-23+. The maximum absolute atomic E-state index is 8.58. The lowest BCUT2D eigenvalue weighted by molar-refractivity contribution is 0.266. The lowest BCUT2D eigenvalue weighted by atomic mass is 9.67. The molecule has 2 fully saturated rings. The van der Waals surface area contributed by atoms with E-state index in [0.29, 0.717) is 11.8 Å². The highest BCUT2D eigenvalue weighted by atomic mass is 35.5. The van der Waals surface area contributed by atoms with Gasteiger partial charge in [0.2, 0.25) is 0 Å². The van der Waals surface area contributed by atoms with E-state index in [1.54, 1.807) is 5.54 Å². The van der Waals surface area contributed by atoms with Gasteiger partial charge in [-0.05, 0) is 82.0 Å². The molecule has 4 rings (SSSR count). The van der Waals surface area contributed by atoms with Crippen molar-refractivity contribution < 1.29 is 0 Å². The van der Waals surface area contributed by atoms with Crippen LogP contribution >= 0.6 is 11.6 Å². The number of allylic oxidation sites excluding steroid dienone is 6. The molecule has 0 aliphatic heterocycles. The second kappa shape index (κ2) is 10.4. The molecule has 3 aliphatic rings. The molecule has 2 atom stereocenters. The molecule has 4 heteroatoms. The van der Waals surface area contributed by atoms with E-state index >= 15 is 0 Å². The Balaban J connectivity index is 1.63. The zero-order valence-corrected chi connectivity index (χ0v) is 22.5. The van der Waals surface area contributed by atoms with Crippen molar-refractivity contribution in [2.75, 3.05) is 13.1 Å². The summed E-state index contributed by atoms with van der Waals surface area (Å²) in [7, 11) is 0. The van der Waals surface area contributed by atoms with Crippen LogP contribution in [0.3, 0.4) is 0 Å². The highest BCUT2D eigenvalue weighted by Crippen LogP contribution is 2.65. The predicted octanol–water partition coefficient (Wildman–Crippen LogP) is 7.85. The van der Waals surface area contributed by atoms with Crippen LogP contribution in [-0.2, 0) is 0 Å². The van der Waals surface area contributed by atoms with E-state index in [9.17, 15) is 0 Å². The second-order valence-electron chi connectivity index (χ2n) is 11.2. The lowest BCUT2D eigenvalue weighted by Crippen LogP contribution is -2.34. The van der Waals surface area contributed by atoms with Crippen molar-refractivity contribution in [3.05, 3.63) is 82.5 Å². The van der Waals surface area contributed by atoms with E-state index in [-0.39, 0.29) is 10.8 Å². The molecule has 2 saturated carbocycles. The van der Waals surface area contributed by atoms with Crippen LogP contribution in [0, 0.1) is 28.1 Å². The Hall–Kier alpha value is -2.23. The zero-order chi connectivity index (χ0) is 25.2. The molecular weight excluding hydrogens is 450 g/mol. The first-order chi connectivity index (χ1) is 16.7. The summed E-state index contributed by atoms with van der Waals surface area (Å²) in [6, 6.07) is 9.80. The Morgan fingerprint density at radius 1 is 1.29 bits per heavy atom. The third-order valence-corrected chi connectivity index (χ3v) is 8.77. The van der Waals surface area contributed by atoms with Crippen LogP contribution in [0.25, 0.3) is 0 Å². The van der Waals surface area contributed by atoms with E-state index in [1.165, 1.54) is 35.1 Å². The van der Waals surface area contributed by atoms with Gasteiger partial charge in [0.1, 0.15) is 0 Å². The van der Waals surface area contributed by atoms with Gasteiger partial charge in [-0.1, -0.05) is 85.7 Å². The van der Waals surface area contributed by atoms with Crippen LogP contribution in [0.5, 0.6) is 0 Å². The number of nitrogens with one attached hydrogen (secondary N) is 2. The topological polar surface area (TPSA) is 48.2 Å². The number of hydrogen-bond acceptors (Lipinski definition) is 2. The summed E-state index contributed by atoms with van der Waals surface area (Å²) in [4.78, 5) is 4.81. The Labute approximate surface area is 216 Å². The highest BCUT2D eigenvalue weighted by molar-refractivity contribution is 6.25. The molecule has 3 nitrogen and oxygen atoms in total. The molecule has 0 radical (unpaired) electrons. The molecule has 0 heterocycles. The van der Waals surface area contributed by atoms with Gasteiger partial charge in [-0.15, -0.1) is 0 Å². The monoisotopic (exact) mass is 489 g/mol. The number of rotatable bonds is 9. The predicted molar refractivity (Wildman–Crippen MR) is 150 cm³/mol. The molecule has 0 aromatic heterocycles. The summed E-state index contributed by atoms with van der Waals surface area (Å²) in [5.41, 5.74) is 8.79. The van der Waals surface area contributed by atoms with E-state index in [2.05, 4.69) is 45.7 Å². The summed E-state index contributed by atoms with van der Waals surface area (Å²) in [6.45, 7) is 15.8. The second-order valence-corrected chi connectivity index (χ2v) is 11.5. The van der Waals surface area contributed by atoms with Gasteiger partial charge >= 0.3 is 0 Å². The number of fused-ring (bicyclic) bond motifs is 1. The number of aliphatic imine (C=N–C) groups is 1. The summed E-state index contributed by atoms with van der Waals surface area (Å²) in [5, 5.41) is 12.3. The van der Waals surface area contributed by atoms with Crippen LogP contribution in [0.2, 0.25) is 0 Å². The Morgan fingerprint density at radius 2 is 2.00 bits per heavy atom. The van der Waals surface area contributed by atoms with E-state index in [4.69, 9.17) is 22.0 Å². The Morgan fingerprint density at radius 3 is 2.66 bits per heavy atom. The molecule has 2 N–H and O–H groups in total. The van der Waals surface area contributed by atoms with E-state index in [1.807, 2.05) is 36.4 Å². The third kappa shape index (κ3) is 5.17. The van der Waals surface area contributed by atoms with Gasteiger partial charge in [0.15, 0.2) is 5.84 Å². The fourth-order valence-electron chi connectivity index (χ4n) is 6.35. The summed E-state index contributed by atoms with van der Waals surface area (Å²) < 4.78 is 0. The van der Waals surface area contributed by atoms with Crippen molar-refractivity contribution in [3.8, 4) is 0 Å².